The summed E-state index contributed by atoms with van der Waals surface area (Å²) in [6, 6.07) is 3.90. The molecule has 4 nitrogen and oxygen atoms in total. The van der Waals surface area contributed by atoms with Crippen LogP contribution in [0.25, 0.3) is 0 Å². The Morgan fingerprint density at radius 3 is 2.50 bits per heavy atom. The van der Waals surface area contributed by atoms with Gasteiger partial charge in [0.15, 0.2) is 5.11 Å². The SMILES string of the molecule is CCc1cc(NC(N)=S)cc(C)c1NC(=O)CC(C)C. The number of carbonyl (C=O) groups excluding carboxylic acids is 1. The molecule has 0 saturated heterocycles. The largest absolute Gasteiger partial charge is 0.376 e. The van der Waals surface area contributed by atoms with E-state index in [2.05, 4.69) is 17.6 Å². The number of nitrogens with one attached hydrogen (secondary N) is 2. The first kappa shape index (κ1) is 16.4. The van der Waals surface area contributed by atoms with Gasteiger partial charge >= 0.3 is 0 Å². The van der Waals surface area contributed by atoms with E-state index < -0.39 is 0 Å². The van der Waals surface area contributed by atoms with Gasteiger partial charge in [0, 0.05) is 17.8 Å². The van der Waals surface area contributed by atoms with Gasteiger partial charge < -0.3 is 16.4 Å². The molecule has 1 aromatic carbocycles. The highest BCUT2D eigenvalue weighted by Gasteiger charge is 2.12. The molecule has 110 valence electrons. The zero-order valence-corrected chi connectivity index (χ0v) is 13.4. The number of hydrogen-bond donors (Lipinski definition) is 3. The lowest BCUT2D eigenvalue weighted by atomic mass is 10.0. The Morgan fingerprint density at radius 1 is 1.35 bits per heavy atom. The molecule has 4 N–H and O–H groups in total. The lowest BCUT2D eigenvalue weighted by Crippen LogP contribution is -2.20. The topological polar surface area (TPSA) is 67.2 Å². The monoisotopic (exact) mass is 293 g/mol. The number of anilines is 2. The molecule has 0 aliphatic rings. The summed E-state index contributed by atoms with van der Waals surface area (Å²) in [6.45, 7) is 8.08. The quantitative estimate of drug-likeness (QED) is 0.729. The fourth-order valence-corrected chi connectivity index (χ4v) is 2.21. The lowest BCUT2D eigenvalue weighted by Gasteiger charge is -2.16. The standard InChI is InChI=1S/C15H23N3OS/c1-5-11-8-12(17-15(16)20)7-10(4)14(11)18-13(19)6-9(2)3/h7-9H,5-6H2,1-4H3,(H,18,19)(H3,16,17,20). The zero-order chi connectivity index (χ0) is 15.3. The van der Waals surface area contributed by atoms with Crippen molar-refractivity contribution in [1.29, 1.82) is 0 Å². The molecule has 1 amide bonds. The van der Waals surface area contributed by atoms with Crippen molar-refractivity contribution in [2.75, 3.05) is 10.6 Å². The Bertz CT molecular complexity index is 512. The molecule has 5 heteroatoms. The summed E-state index contributed by atoms with van der Waals surface area (Å²) in [5.74, 6) is 0.392. The molecule has 20 heavy (non-hydrogen) atoms. The highest BCUT2D eigenvalue weighted by atomic mass is 32.1. The van der Waals surface area contributed by atoms with Crippen LogP contribution in [0.5, 0.6) is 0 Å². The molecule has 0 aliphatic heterocycles. The van der Waals surface area contributed by atoms with Crippen molar-refractivity contribution in [3.63, 3.8) is 0 Å². The van der Waals surface area contributed by atoms with Crippen LogP contribution >= 0.6 is 12.2 Å². The molecule has 1 rings (SSSR count). The molecule has 0 fully saturated rings. The van der Waals surface area contributed by atoms with Crippen LogP contribution in [-0.4, -0.2) is 11.0 Å². The van der Waals surface area contributed by atoms with Crippen LogP contribution in [0, 0.1) is 12.8 Å². The number of benzene rings is 1. The van der Waals surface area contributed by atoms with Gasteiger partial charge in [-0.15, -0.1) is 0 Å². The van der Waals surface area contributed by atoms with Crippen molar-refractivity contribution in [2.24, 2.45) is 11.7 Å². The lowest BCUT2D eigenvalue weighted by molar-refractivity contribution is -0.116. The molecular formula is C15H23N3OS. The molecule has 0 bridgehead atoms. The summed E-state index contributed by atoms with van der Waals surface area (Å²) in [5.41, 5.74) is 9.31. The third-order valence-corrected chi connectivity index (χ3v) is 3.03. The maximum absolute atomic E-state index is 11.9. The Balaban J connectivity index is 3.01. The fourth-order valence-electron chi connectivity index (χ4n) is 2.09. The molecular weight excluding hydrogens is 270 g/mol. The second kappa shape index (κ2) is 7.24. The van der Waals surface area contributed by atoms with Crippen LogP contribution in [0.4, 0.5) is 11.4 Å². The Kier molecular flexibility index (Phi) is 5.95. The summed E-state index contributed by atoms with van der Waals surface area (Å²) in [5, 5.41) is 6.18. The molecule has 0 aromatic heterocycles. The van der Waals surface area contributed by atoms with E-state index in [1.165, 1.54) is 0 Å². The predicted octanol–water partition coefficient (Wildman–Crippen LogP) is 3.20. The van der Waals surface area contributed by atoms with Crippen molar-refractivity contribution in [2.45, 2.75) is 40.5 Å². The number of carbonyl (C=O) groups is 1. The third-order valence-electron chi connectivity index (χ3n) is 2.92. The summed E-state index contributed by atoms with van der Waals surface area (Å²) in [6.07, 6.45) is 1.35. The number of thiocarbonyl (C=S) groups is 1. The first-order chi connectivity index (χ1) is 9.33. The maximum atomic E-state index is 11.9. The maximum Gasteiger partial charge on any atom is 0.224 e. The van der Waals surface area contributed by atoms with Gasteiger partial charge in [-0.05, 0) is 54.7 Å². The van der Waals surface area contributed by atoms with E-state index in [1.54, 1.807) is 0 Å². The minimum atomic E-state index is 0.0489. The number of amides is 1. The van der Waals surface area contributed by atoms with Gasteiger partial charge in [-0.25, -0.2) is 0 Å². The van der Waals surface area contributed by atoms with Gasteiger partial charge in [-0.1, -0.05) is 20.8 Å². The van der Waals surface area contributed by atoms with Crippen molar-refractivity contribution < 1.29 is 4.79 Å². The minimum absolute atomic E-state index is 0.0489. The smallest absolute Gasteiger partial charge is 0.224 e. The molecule has 0 aliphatic carbocycles. The first-order valence-corrected chi connectivity index (χ1v) is 7.24. The number of rotatable bonds is 5. The fraction of sp³-hybridized carbons (Fsp3) is 0.467. The minimum Gasteiger partial charge on any atom is -0.376 e. The third kappa shape index (κ3) is 4.81. The van der Waals surface area contributed by atoms with E-state index in [0.29, 0.717) is 12.3 Å². The van der Waals surface area contributed by atoms with Gasteiger partial charge in [-0.2, -0.15) is 0 Å². The zero-order valence-electron chi connectivity index (χ0n) is 12.5. The average Bonchev–Trinajstić information content (AvgIpc) is 2.30. The molecule has 0 unspecified atom stereocenters. The number of hydrogen-bond acceptors (Lipinski definition) is 2. The highest BCUT2D eigenvalue weighted by Crippen LogP contribution is 2.26. The van der Waals surface area contributed by atoms with Gasteiger partial charge in [0.1, 0.15) is 0 Å². The van der Waals surface area contributed by atoms with E-state index in [1.807, 2.05) is 32.9 Å². The molecule has 1 aromatic rings. The van der Waals surface area contributed by atoms with Gasteiger partial charge in [-0.3, -0.25) is 4.79 Å². The Morgan fingerprint density at radius 2 is 2.00 bits per heavy atom. The van der Waals surface area contributed by atoms with Crippen LogP contribution in [0.3, 0.4) is 0 Å². The first-order valence-electron chi connectivity index (χ1n) is 6.83. The van der Waals surface area contributed by atoms with E-state index in [-0.39, 0.29) is 11.0 Å². The van der Waals surface area contributed by atoms with Crippen molar-refractivity contribution in [3.8, 4) is 0 Å². The summed E-state index contributed by atoms with van der Waals surface area (Å²) in [4.78, 5) is 11.9. The van der Waals surface area contributed by atoms with E-state index in [9.17, 15) is 4.79 Å². The number of aryl methyl sites for hydroxylation is 2. The Hall–Kier alpha value is -1.62. The van der Waals surface area contributed by atoms with Crippen LogP contribution in [0.2, 0.25) is 0 Å². The van der Waals surface area contributed by atoms with Crippen LogP contribution in [-0.2, 0) is 11.2 Å². The molecule has 0 saturated carbocycles. The van der Waals surface area contributed by atoms with Gasteiger partial charge in [0.05, 0.1) is 0 Å². The molecule has 0 atom stereocenters. The predicted molar refractivity (Wildman–Crippen MR) is 89.0 cm³/mol. The molecule has 0 heterocycles. The van der Waals surface area contributed by atoms with Gasteiger partial charge in [0.2, 0.25) is 5.91 Å². The van der Waals surface area contributed by atoms with Crippen molar-refractivity contribution >= 4 is 34.6 Å². The van der Waals surface area contributed by atoms with Crippen LogP contribution in [0.15, 0.2) is 12.1 Å². The summed E-state index contributed by atoms with van der Waals surface area (Å²) < 4.78 is 0. The Labute approximate surface area is 126 Å². The van der Waals surface area contributed by atoms with E-state index >= 15 is 0 Å². The van der Waals surface area contributed by atoms with E-state index in [0.717, 1.165) is 28.9 Å². The average molecular weight is 293 g/mol. The summed E-state index contributed by atoms with van der Waals surface area (Å²) in [7, 11) is 0. The van der Waals surface area contributed by atoms with Gasteiger partial charge in [0.25, 0.3) is 0 Å². The highest BCUT2D eigenvalue weighted by molar-refractivity contribution is 7.80. The second-order valence-corrected chi connectivity index (χ2v) is 5.76. The molecule has 0 spiro atoms. The summed E-state index contributed by atoms with van der Waals surface area (Å²) >= 11 is 4.85. The number of nitrogens with two attached hydrogens (primary N) is 1. The normalized spacial score (nSPS) is 10.4. The van der Waals surface area contributed by atoms with Crippen LogP contribution in [0.1, 0.15) is 38.3 Å². The van der Waals surface area contributed by atoms with Crippen LogP contribution < -0.4 is 16.4 Å². The van der Waals surface area contributed by atoms with E-state index in [4.69, 9.17) is 18.0 Å². The van der Waals surface area contributed by atoms with Crippen molar-refractivity contribution in [1.82, 2.24) is 0 Å². The molecule has 0 radical (unpaired) electrons. The van der Waals surface area contributed by atoms with Crippen molar-refractivity contribution in [3.05, 3.63) is 23.3 Å². The second-order valence-electron chi connectivity index (χ2n) is 5.32.